The van der Waals surface area contributed by atoms with E-state index in [1.54, 1.807) is 0 Å². The third kappa shape index (κ3) is 3.98. The number of aliphatic hydroxyl groups is 1. The molecule has 1 aromatic carbocycles. The first-order valence-electron chi connectivity index (χ1n) is 5.29. The van der Waals surface area contributed by atoms with Gasteiger partial charge >= 0.3 is 5.97 Å². The number of hydrogen-bond donors (Lipinski definition) is 2. The van der Waals surface area contributed by atoms with Gasteiger partial charge in [-0.05, 0) is 24.6 Å². The average molecular weight is 291 g/mol. The molecule has 0 bridgehead atoms. The molecule has 1 atom stereocenters. The zero-order chi connectivity index (χ0) is 14.6. The van der Waals surface area contributed by atoms with Crippen molar-refractivity contribution in [3.05, 3.63) is 29.6 Å². The van der Waals surface area contributed by atoms with Crippen molar-refractivity contribution in [1.29, 1.82) is 0 Å². The molecule has 0 unspecified atom stereocenters. The fourth-order valence-corrected chi connectivity index (χ4v) is 2.28. The summed E-state index contributed by atoms with van der Waals surface area (Å²) < 4.78 is 43.0. The molecular formula is C11H14FNO5S. The number of halogens is 1. The molecule has 19 heavy (non-hydrogen) atoms. The molecule has 0 fully saturated rings. The molecule has 0 aliphatic heterocycles. The van der Waals surface area contributed by atoms with Crippen LogP contribution >= 0.6 is 0 Å². The molecule has 2 N–H and O–H groups in total. The molecule has 0 saturated carbocycles. The molecule has 0 heterocycles. The van der Waals surface area contributed by atoms with Gasteiger partial charge in [-0.15, -0.1) is 0 Å². The number of aliphatic hydroxyl groups excluding tert-OH is 1. The number of carbonyl (C=O) groups is 1. The highest BCUT2D eigenvalue weighted by Gasteiger charge is 2.21. The standard InChI is InChI=1S/C11H14FNO5S/c1-7-3-4-8(5-9(7)12)19(16,17)13-6-10(14)11(15)18-2/h3-5,10,13-14H,6H2,1-2H3/t10-/m0/s1. The molecule has 0 aromatic heterocycles. The molecule has 0 amide bonds. The Morgan fingerprint density at radius 1 is 1.53 bits per heavy atom. The van der Waals surface area contributed by atoms with Crippen LogP contribution in [0.25, 0.3) is 0 Å². The molecule has 0 spiro atoms. The Labute approximate surface area is 110 Å². The van der Waals surface area contributed by atoms with Gasteiger partial charge in [0.2, 0.25) is 10.0 Å². The van der Waals surface area contributed by atoms with Gasteiger partial charge in [-0.2, -0.15) is 0 Å². The van der Waals surface area contributed by atoms with Crippen LogP contribution in [0, 0.1) is 12.7 Å². The first-order valence-corrected chi connectivity index (χ1v) is 6.78. The van der Waals surface area contributed by atoms with E-state index < -0.39 is 34.5 Å². The first kappa shape index (κ1) is 15.5. The van der Waals surface area contributed by atoms with Crippen molar-refractivity contribution in [3.63, 3.8) is 0 Å². The highest BCUT2D eigenvalue weighted by Crippen LogP contribution is 2.13. The molecule has 0 saturated heterocycles. The lowest BCUT2D eigenvalue weighted by Crippen LogP contribution is -2.37. The molecule has 0 aliphatic carbocycles. The monoisotopic (exact) mass is 291 g/mol. The Morgan fingerprint density at radius 2 is 2.16 bits per heavy atom. The number of benzene rings is 1. The van der Waals surface area contributed by atoms with Crippen LogP contribution < -0.4 is 4.72 Å². The third-order valence-corrected chi connectivity index (χ3v) is 3.81. The van der Waals surface area contributed by atoms with Gasteiger partial charge in [0.15, 0.2) is 6.10 Å². The van der Waals surface area contributed by atoms with Gasteiger partial charge in [0.05, 0.1) is 12.0 Å². The Kier molecular flexibility index (Phi) is 4.98. The quantitative estimate of drug-likeness (QED) is 0.742. The first-order chi connectivity index (χ1) is 8.77. The number of sulfonamides is 1. The summed E-state index contributed by atoms with van der Waals surface area (Å²) in [5.41, 5.74) is 0.313. The van der Waals surface area contributed by atoms with E-state index in [0.717, 1.165) is 13.2 Å². The van der Waals surface area contributed by atoms with Crippen LogP contribution in [0.4, 0.5) is 4.39 Å². The summed E-state index contributed by atoms with van der Waals surface area (Å²) in [5.74, 6) is -1.62. The Morgan fingerprint density at radius 3 is 2.68 bits per heavy atom. The van der Waals surface area contributed by atoms with E-state index in [1.807, 2.05) is 4.72 Å². The van der Waals surface area contributed by atoms with E-state index in [1.165, 1.54) is 19.1 Å². The van der Waals surface area contributed by atoms with E-state index in [-0.39, 0.29) is 4.90 Å². The number of carbonyl (C=O) groups excluding carboxylic acids is 1. The van der Waals surface area contributed by atoms with Gasteiger partial charge < -0.3 is 9.84 Å². The summed E-state index contributed by atoms with van der Waals surface area (Å²) in [4.78, 5) is 10.6. The summed E-state index contributed by atoms with van der Waals surface area (Å²) >= 11 is 0. The lowest BCUT2D eigenvalue weighted by molar-refractivity contribution is -0.149. The van der Waals surface area contributed by atoms with Crippen LogP contribution in [0.1, 0.15) is 5.56 Å². The van der Waals surface area contributed by atoms with Crippen LogP contribution in [-0.4, -0.2) is 39.3 Å². The van der Waals surface area contributed by atoms with Crippen LogP contribution in [0.2, 0.25) is 0 Å². The number of ether oxygens (including phenoxy) is 1. The maximum Gasteiger partial charge on any atom is 0.336 e. The Balaban J connectivity index is 2.81. The number of esters is 1. The summed E-state index contributed by atoms with van der Waals surface area (Å²) in [6.45, 7) is 0.949. The van der Waals surface area contributed by atoms with E-state index in [9.17, 15) is 22.7 Å². The third-order valence-electron chi connectivity index (χ3n) is 2.39. The van der Waals surface area contributed by atoms with Crippen molar-refractivity contribution in [1.82, 2.24) is 4.72 Å². The van der Waals surface area contributed by atoms with Gasteiger partial charge in [0.25, 0.3) is 0 Å². The Bertz CT molecular complexity index is 572. The summed E-state index contributed by atoms with van der Waals surface area (Å²) in [5, 5.41) is 9.25. The predicted molar refractivity (Wildman–Crippen MR) is 64.3 cm³/mol. The van der Waals surface area contributed by atoms with Gasteiger partial charge in [-0.3, -0.25) is 0 Å². The van der Waals surface area contributed by atoms with E-state index >= 15 is 0 Å². The van der Waals surface area contributed by atoms with E-state index in [4.69, 9.17) is 0 Å². The van der Waals surface area contributed by atoms with Gasteiger partial charge in [-0.25, -0.2) is 22.3 Å². The molecule has 8 heteroatoms. The number of aryl methyl sites for hydroxylation is 1. The second-order valence-electron chi connectivity index (χ2n) is 3.80. The van der Waals surface area contributed by atoms with Crippen LogP contribution in [0.3, 0.4) is 0 Å². The van der Waals surface area contributed by atoms with E-state index in [2.05, 4.69) is 4.74 Å². The lowest BCUT2D eigenvalue weighted by atomic mass is 10.2. The van der Waals surface area contributed by atoms with E-state index in [0.29, 0.717) is 5.56 Å². The zero-order valence-corrected chi connectivity index (χ0v) is 11.2. The van der Waals surface area contributed by atoms with Crippen molar-refractivity contribution in [2.24, 2.45) is 0 Å². The minimum absolute atomic E-state index is 0.285. The Hall–Kier alpha value is -1.51. The lowest BCUT2D eigenvalue weighted by Gasteiger charge is -2.10. The minimum atomic E-state index is -3.99. The number of rotatable bonds is 5. The molecule has 106 valence electrons. The summed E-state index contributed by atoms with van der Waals surface area (Å²) in [6, 6.07) is 3.41. The van der Waals surface area contributed by atoms with Crippen molar-refractivity contribution >= 4 is 16.0 Å². The number of methoxy groups -OCH3 is 1. The second-order valence-corrected chi connectivity index (χ2v) is 5.57. The molecule has 6 nitrogen and oxygen atoms in total. The predicted octanol–water partition coefficient (Wildman–Crippen LogP) is -0.0537. The highest BCUT2D eigenvalue weighted by atomic mass is 32.2. The zero-order valence-electron chi connectivity index (χ0n) is 10.4. The summed E-state index contributed by atoms with van der Waals surface area (Å²) in [6.07, 6.45) is -1.62. The van der Waals surface area contributed by atoms with Crippen LogP contribution in [0.5, 0.6) is 0 Å². The highest BCUT2D eigenvalue weighted by molar-refractivity contribution is 7.89. The van der Waals surface area contributed by atoms with Crippen molar-refractivity contribution < 1.29 is 27.4 Å². The van der Waals surface area contributed by atoms with Gasteiger partial charge in [0.1, 0.15) is 5.82 Å². The van der Waals surface area contributed by atoms with Gasteiger partial charge in [0, 0.05) is 6.54 Å². The minimum Gasteiger partial charge on any atom is -0.467 e. The molecule has 0 radical (unpaired) electrons. The molecule has 1 aromatic rings. The normalized spacial score (nSPS) is 13.1. The smallest absolute Gasteiger partial charge is 0.336 e. The molecule has 0 aliphatic rings. The molecule has 1 rings (SSSR count). The largest absolute Gasteiger partial charge is 0.467 e. The van der Waals surface area contributed by atoms with Crippen molar-refractivity contribution in [2.75, 3.05) is 13.7 Å². The molecular weight excluding hydrogens is 277 g/mol. The SMILES string of the molecule is COC(=O)[C@@H](O)CNS(=O)(=O)c1ccc(C)c(F)c1. The number of hydrogen-bond acceptors (Lipinski definition) is 5. The second kappa shape index (κ2) is 6.09. The average Bonchev–Trinajstić information content (AvgIpc) is 2.38. The maximum absolute atomic E-state index is 13.3. The topological polar surface area (TPSA) is 92.7 Å². The summed E-state index contributed by atoms with van der Waals surface area (Å²) in [7, 11) is -2.93. The number of nitrogens with one attached hydrogen (secondary N) is 1. The van der Waals surface area contributed by atoms with Crippen LogP contribution in [0.15, 0.2) is 23.1 Å². The van der Waals surface area contributed by atoms with Crippen LogP contribution in [-0.2, 0) is 19.6 Å². The fraction of sp³-hybridized carbons (Fsp3) is 0.364. The fourth-order valence-electron chi connectivity index (χ4n) is 1.23. The van der Waals surface area contributed by atoms with Crippen molar-refractivity contribution in [2.45, 2.75) is 17.9 Å². The van der Waals surface area contributed by atoms with Crippen molar-refractivity contribution in [3.8, 4) is 0 Å². The maximum atomic E-state index is 13.3. The van der Waals surface area contributed by atoms with Gasteiger partial charge in [-0.1, -0.05) is 6.07 Å².